The molecule has 4 nitrogen and oxygen atoms in total. The lowest BCUT2D eigenvalue weighted by Gasteiger charge is -2.10. The molecule has 3 rings (SSSR count). The summed E-state index contributed by atoms with van der Waals surface area (Å²) >= 11 is 0. The van der Waals surface area contributed by atoms with E-state index in [1.165, 1.54) is 18.2 Å². The van der Waals surface area contributed by atoms with Crippen molar-refractivity contribution in [2.45, 2.75) is 13.5 Å². The number of phenols is 1. The molecular weight excluding hydrogens is 333 g/mol. The van der Waals surface area contributed by atoms with E-state index in [-0.39, 0.29) is 17.1 Å². The summed E-state index contributed by atoms with van der Waals surface area (Å²) in [6.45, 7) is 2.24. The third-order valence-corrected chi connectivity index (χ3v) is 4.17. The van der Waals surface area contributed by atoms with Gasteiger partial charge in [0.2, 0.25) is 0 Å². The van der Waals surface area contributed by atoms with Gasteiger partial charge in [-0.2, -0.15) is 0 Å². The van der Waals surface area contributed by atoms with Crippen LogP contribution in [-0.2, 0) is 6.54 Å². The van der Waals surface area contributed by atoms with E-state index in [4.69, 9.17) is 5.11 Å². The molecule has 3 aromatic carbocycles. The zero-order chi connectivity index (χ0) is 18.7. The van der Waals surface area contributed by atoms with Crippen LogP contribution in [0.4, 0.5) is 10.1 Å². The molecule has 5 heteroatoms. The molecule has 0 amide bonds. The molecule has 3 N–H and O–H groups in total. The normalized spacial score (nSPS) is 10.5. The van der Waals surface area contributed by atoms with Crippen molar-refractivity contribution in [2.75, 3.05) is 5.32 Å². The highest BCUT2D eigenvalue weighted by Gasteiger charge is 2.10. The van der Waals surface area contributed by atoms with Gasteiger partial charge in [0.1, 0.15) is 17.1 Å². The van der Waals surface area contributed by atoms with Crippen LogP contribution in [0, 0.1) is 12.7 Å². The van der Waals surface area contributed by atoms with Gasteiger partial charge in [0.05, 0.1) is 0 Å². The number of rotatable bonds is 5. The van der Waals surface area contributed by atoms with Crippen LogP contribution in [-0.4, -0.2) is 16.2 Å². The number of benzene rings is 3. The molecule has 132 valence electrons. The second-order valence-corrected chi connectivity index (χ2v) is 6.05. The van der Waals surface area contributed by atoms with E-state index in [0.29, 0.717) is 17.8 Å². The Bertz CT molecular complexity index is 952. The minimum Gasteiger partial charge on any atom is -0.507 e. The highest BCUT2D eigenvalue weighted by atomic mass is 19.1. The quantitative estimate of drug-likeness (QED) is 0.577. The first-order valence-corrected chi connectivity index (χ1v) is 8.09. The minimum atomic E-state index is -1.18. The molecule has 3 aromatic rings. The van der Waals surface area contributed by atoms with E-state index in [0.717, 1.165) is 16.7 Å². The summed E-state index contributed by atoms with van der Waals surface area (Å²) in [7, 11) is 0. The second-order valence-electron chi connectivity index (χ2n) is 6.05. The Morgan fingerprint density at radius 2 is 1.69 bits per heavy atom. The Hall–Kier alpha value is -3.34. The van der Waals surface area contributed by atoms with Gasteiger partial charge in [-0.3, -0.25) is 0 Å². The van der Waals surface area contributed by atoms with Crippen LogP contribution in [0.2, 0.25) is 0 Å². The van der Waals surface area contributed by atoms with Crippen LogP contribution in [0.25, 0.3) is 11.1 Å². The summed E-state index contributed by atoms with van der Waals surface area (Å²) in [5.74, 6) is -1.66. The number of aryl methyl sites for hydroxylation is 1. The summed E-state index contributed by atoms with van der Waals surface area (Å²) in [5.41, 5.74) is 4.03. The van der Waals surface area contributed by atoms with Gasteiger partial charge in [-0.1, -0.05) is 30.3 Å². The van der Waals surface area contributed by atoms with Crippen LogP contribution in [0.3, 0.4) is 0 Å². The van der Waals surface area contributed by atoms with Crippen molar-refractivity contribution in [3.63, 3.8) is 0 Å². The van der Waals surface area contributed by atoms with Gasteiger partial charge >= 0.3 is 5.97 Å². The predicted octanol–water partition coefficient (Wildman–Crippen LogP) is 4.82. The second kappa shape index (κ2) is 7.27. The van der Waals surface area contributed by atoms with Crippen molar-refractivity contribution >= 4 is 11.7 Å². The van der Waals surface area contributed by atoms with E-state index in [2.05, 4.69) is 5.32 Å². The number of aromatic hydroxyl groups is 1. The van der Waals surface area contributed by atoms with Crippen LogP contribution < -0.4 is 5.32 Å². The summed E-state index contributed by atoms with van der Waals surface area (Å²) in [6.07, 6.45) is 0. The Balaban J connectivity index is 1.71. The average Bonchev–Trinajstić information content (AvgIpc) is 2.63. The maximum absolute atomic E-state index is 13.4. The zero-order valence-electron chi connectivity index (χ0n) is 14.2. The molecule has 0 atom stereocenters. The van der Waals surface area contributed by atoms with Crippen molar-refractivity contribution in [1.29, 1.82) is 0 Å². The van der Waals surface area contributed by atoms with Gasteiger partial charge in [0, 0.05) is 12.2 Å². The fourth-order valence-corrected chi connectivity index (χ4v) is 2.66. The summed E-state index contributed by atoms with van der Waals surface area (Å²) in [5, 5.41) is 21.7. The number of nitrogens with one attached hydrogen (secondary N) is 1. The van der Waals surface area contributed by atoms with Crippen LogP contribution >= 0.6 is 0 Å². The Morgan fingerprint density at radius 1 is 1.00 bits per heavy atom. The number of anilines is 1. The van der Waals surface area contributed by atoms with Crippen molar-refractivity contribution in [3.8, 4) is 16.9 Å². The maximum Gasteiger partial charge on any atom is 0.339 e. The lowest BCUT2D eigenvalue weighted by atomic mass is 10.0. The Kier molecular flexibility index (Phi) is 4.89. The van der Waals surface area contributed by atoms with Gasteiger partial charge < -0.3 is 15.5 Å². The molecule has 0 heterocycles. The molecule has 0 saturated carbocycles. The van der Waals surface area contributed by atoms with Crippen molar-refractivity contribution < 1.29 is 19.4 Å². The maximum atomic E-state index is 13.4. The third kappa shape index (κ3) is 3.83. The van der Waals surface area contributed by atoms with E-state index in [1.807, 2.05) is 30.3 Å². The zero-order valence-corrected chi connectivity index (χ0v) is 14.2. The molecule has 0 aromatic heterocycles. The van der Waals surface area contributed by atoms with E-state index >= 15 is 0 Å². The molecule has 0 aliphatic heterocycles. The van der Waals surface area contributed by atoms with E-state index in [1.54, 1.807) is 19.1 Å². The van der Waals surface area contributed by atoms with Crippen LogP contribution in [0.1, 0.15) is 21.5 Å². The number of aromatic carboxylic acids is 1. The first-order chi connectivity index (χ1) is 12.4. The van der Waals surface area contributed by atoms with Gasteiger partial charge in [0.25, 0.3) is 0 Å². The molecule has 26 heavy (non-hydrogen) atoms. The highest BCUT2D eigenvalue weighted by Crippen LogP contribution is 2.24. The van der Waals surface area contributed by atoms with Crippen molar-refractivity contribution in [1.82, 2.24) is 0 Å². The first kappa shape index (κ1) is 17.5. The third-order valence-electron chi connectivity index (χ3n) is 4.17. The molecule has 0 spiro atoms. The number of carbonyl (C=O) groups is 1. The number of carboxylic acid groups (broad SMARTS) is 1. The number of carboxylic acids is 1. The average molecular weight is 351 g/mol. The number of hydrogen-bond acceptors (Lipinski definition) is 3. The summed E-state index contributed by atoms with van der Waals surface area (Å²) in [6, 6.07) is 17.2. The fraction of sp³-hybridized carbons (Fsp3) is 0.0952. The van der Waals surface area contributed by atoms with E-state index in [9.17, 15) is 14.3 Å². The Labute approximate surface area is 150 Å². The van der Waals surface area contributed by atoms with Gasteiger partial charge in [0.15, 0.2) is 0 Å². The molecule has 0 aliphatic carbocycles. The monoisotopic (exact) mass is 351 g/mol. The van der Waals surface area contributed by atoms with E-state index < -0.39 is 5.97 Å². The van der Waals surface area contributed by atoms with Crippen molar-refractivity contribution in [3.05, 3.63) is 83.2 Å². The molecule has 0 radical (unpaired) electrons. The lowest BCUT2D eigenvalue weighted by molar-refractivity contribution is 0.0694. The molecule has 0 unspecified atom stereocenters. The predicted molar refractivity (Wildman–Crippen MR) is 99.0 cm³/mol. The summed E-state index contributed by atoms with van der Waals surface area (Å²) < 4.78 is 13.4. The van der Waals surface area contributed by atoms with Gasteiger partial charge in [-0.05, 0) is 59.5 Å². The first-order valence-electron chi connectivity index (χ1n) is 8.09. The summed E-state index contributed by atoms with van der Waals surface area (Å²) in [4.78, 5) is 11.1. The van der Waals surface area contributed by atoms with Gasteiger partial charge in [-0.15, -0.1) is 0 Å². The highest BCUT2D eigenvalue weighted by molar-refractivity contribution is 5.92. The number of halogens is 1. The molecule has 0 bridgehead atoms. The van der Waals surface area contributed by atoms with Crippen LogP contribution in [0.15, 0.2) is 60.7 Å². The molecular formula is C21H18FNO3. The number of hydrogen-bond donors (Lipinski definition) is 3. The van der Waals surface area contributed by atoms with Crippen molar-refractivity contribution in [2.24, 2.45) is 0 Å². The lowest BCUT2D eigenvalue weighted by Crippen LogP contribution is -2.02. The molecule has 0 aliphatic rings. The SMILES string of the molecule is Cc1cc(-c2ccc(CNc3ccc(O)c(C(=O)O)c3)cc2)ccc1F. The van der Waals surface area contributed by atoms with Crippen LogP contribution in [0.5, 0.6) is 5.75 Å². The molecule has 0 fully saturated rings. The fourth-order valence-electron chi connectivity index (χ4n) is 2.66. The van der Waals surface area contributed by atoms with Gasteiger partial charge in [-0.25, -0.2) is 9.18 Å². The Morgan fingerprint density at radius 3 is 2.35 bits per heavy atom. The largest absolute Gasteiger partial charge is 0.507 e. The standard InChI is InChI=1S/C21H18FNO3/c1-13-10-16(6-8-19(13)22)15-4-2-14(3-5-15)12-23-17-7-9-20(24)18(11-17)21(25)26/h2-11,23-24H,12H2,1H3,(H,25,26). The topological polar surface area (TPSA) is 69.6 Å². The molecule has 0 saturated heterocycles. The smallest absolute Gasteiger partial charge is 0.339 e. The minimum absolute atomic E-state index is 0.142.